The first-order chi connectivity index (χ1) is 12.9. The summed E-state index contributed by atoms with van der Waals surface area (Å²) in [6.07, 6.45) is -0.0915. The van der Waals surface area contributed by atoms with Crippen molar-refractivity contribution in [2.75, 3.05) is 26.8 Å². The summed E-state index contributed by atoms with van der Waals surface area (Å²) in [5, 5.41) is 0. The smallest absolute Gasteiger partial charge is 0.231 e. The van der Waals surface area contributed by atoms with Gasteiger partial charge in [-0.1, -0.05) is 24.3 Å². The van der Waals surface area contributed by atoms with E-state index in [1.54, 1.807) is 0 Å². The lowest BCUT2D eigenvalue weighted by Crippen LogP contribution is -2.15. The van der Waals surface area contributed by atoms with Gasteiger partial charge in [-0.05, 0) is 12.1 Å². The first kappa shape index (κ1) is 14.7. The molecule has 4 unspecified atom stereocenters. The van der Waals surface area contributed by atoms with Crippen molar-refractivity contribution in [3.05, 3.63) is 47.5 Å². The third-order valence-electron chi connectivity index (χ3n) is 5.73. The second kappa shape index (κ2) is 5.53. The average molecular weight is 354 g/mol. The van der Waals surface area contributed by atoms with Crippen molar-refractivity contribution >= 4 is 0 Å². The maximum Gasteiger partial charge on any atom is 0.231 e. The molecule has 2 aromatic carbocycles. The number of rotatable bonds is 2. The third kappa shape index (κ3) is 2.00. The Kier molecular flexibility index (Phi) is 3.12. The summed E-state index contributed by atoms with van der Waals surface area (Å²) >= 11 is 0. The van der Waals surface area contributed by atoms with Crippen LogP contribution in [0.25, 0.3) is 0 Å². The highest BCUT2D eigenvalue weighted by atomic mass is 16.7. The van der Waals surface area contributed by atoms with Gasteiger partial charge in [0.15, 0.2) is 23.0 Å². The molecule has 0 aliphatic carbocycles. The summed E-state index contributed by atoms with van der Waals surface area (Å²) in [6, 6.07) is 12.0. The molecule has 6 nitrogen and oxygen atoms in total. The predicted octanol–water partition coefficient (Wildman–Crippen LogP) is 3.22. The van der Waals surface area contributed by atoms with Gasteiger partial charge < -0.3 is 28.4 Å². The Morgan fingerprint density at radius 2 is 1.12 bits per heavy atom. The zero-order valence-corrected chi connectivity index (χ0v) is 14.1. The molecule has 4 aliphatic heterocycles. The van der Waals surface area contributed by atoms with Crippen molar-refractivity contribution in [2.45, 2.75) is 12.2 Å². The van der Waals surface area contributed by atoms with Crippen molar-refractivity contribution in [1.82, 2.24) is 0 Å². The summed E-state index contributed by atoms with van der Waals surface area (Å²) in [5.41, 5.74) is 2.10. The van der Waals surface area contributed by atoms with Crippen LogP contribution in [0.2, 0.25) is 0 Å². The maximum atomic E-state index is 6.21. The molecule has 6 heteroatoms. The van der Waals surface area contributed by atoms with E-state index in [1.165, 1.54) is 0 Å². The minimum atomic E-state index is -0.0458. The van der Waals surface area contributed by atoms with E-state index in [0.717, 1.165) is 34.1 Å². The molecule has 0 bridgehead atoms. The fourth-order valence-corrected chi connectivity index (χ4v) is 4.54. The Hall–Kier alpha value is -2.44. The normalized spacial score (nSPS) is 30.6. The molecule has 0 spiro atoms. The fourth-order valence-electron chi connectivity index (χ4n) is 4.54. The highest BCUT2D eigenvalue weighted by Crippen LogP contribution is 2.55. The number of fused-ring (bicyclic) bond motifs is 3. The Morgan fingerprint density at radius 1 is 0.615 bits per heavy atom. The van der Waals surface area contributed by atoms with Gasteiger partial charge in [0.2, 0.25) is 13.6 Å². The van der Waals surface area contributed by atoms with E-state index in [1.807, 2.05) is 24.3 Å². The molecular formula is C20H18O6. The van der Waals surface area contributed by atoms with E-state index < -0.39 is 0 Å². The highest BCUT2D eigenvalue weighted by molar-refractivity contribution is 5.51. The van der Waals surface area contributed by atoms with Crippen LogP contribution in [-0.2, 0) is 9.47 Å². The van der Waals surface area contributed by atoms with Gasteiger partial charge in [-0.3, -0.25) is 0 Å². The summed E-state index contributed by atoms with van der Waals surface area (Å²) in [7, 11) is 0. The van der Waals surface area contributed by atoms with Gasteiger partial charge in [0.05, 0.1) is 25.4 Å². The summed E-state index contributed by atoms with van der Waals surface area (Å²) in [5.74, 6) is 3.73. The maximum absolute atomic E-state index is 6.21. The lowest BCUT2D eigenvalue weighted by Gasteiger charge is -2.18. The van der Waals surface area contributed by atoms with Crippen molar-refractivity contribution in [3.8, 4) is 23.0 Å². The van der Waals surface area contributed by atoms with Crippen LogP contribution in [0.1, 0.15) is 23.3 Å². The molecule has 2 saturated heterocycles. The van der Waals surface area contributed by atoms with Crippen LogP contribution in [-0.4, -0.2) is 26.8 Å². The van der Waals surface area contributed by atoms with Crippen LogP contribution in [0.5, 0.6) is 23.0 Å². The zero-order valence-electron chi connectivity index (χ0n) is 14.1. The van der Waals surface area contributed by atoms with Gasteiger partial charge in [-0.25, -0.2) is 0 Å². The second-order valence-corrected chi connectivity index (χ2v) is 7.00. The largest absolute Gasteiger partial charge is 0.454 e. The highest BCUT2D eigenvalue weighted by Gasteiger charge is 2.50. The van der Waals surface area contributed by atoms with Gasteiger partial charge >= 0.3 is 0 Å². The van der Waals surface area contributed by atoms with Crippen LogP contribution >= 0.6 is 0 Å². The van der Waals surface area contributed by atoms with E-state index in [2.05, 4.69) is 12.1 Å². The third-order valence-corrected chi connectivity index (χ3v) is 5.73. The Bertz CT molecular complexity index is 794. The topological polar surface area (TPSA) is 55.4 Å². The molecule has 26 heavy (non-hydrogen) atoms. The lowest BCUT2D eigenvalue weighted by molar-refractivity contribution is 0.0176. The summed E-state index contributed by atoms with van der Waals surface area (Å²) < 4.78 is 34.8. The number of hydrogen-bond acceptors (Lipinski definition) is 6. The predicted molar refractivity (Wildman–Crippen MR) is 89.5 cm³/mol. The van der Waals surface area contributed by atoms with Crippen LogP contribution < -0.4 is 18.9 Å². The monoisotopic (exact) mass is 354 g/mol. The molecule has 0 saturated carbocycles. The van der Waals surface area contributed by atoms with E-state index in [-0.39, 0.29) is 37.6 Å². The molecule has 2 fully saturated rings. The van der Waals surface area contributed by atoms with E-state index in [9.17, 15) is 0 Å². The van der Waals surface area contributed by atoms with E-state index in [0.29, 0.717) is 13.2 Å². The molecule has 2 aromatic rings. The van der Waals surface area contributed by atoms with Gasteiger partial charge in [-0.2, -0.15) is 0 Å². The first-order valence-corrected chi connectivity index (χ1v) is 8.90. The Balaban J connectivity index is 1.33. The molecule has 134 valence electrons. The molecule has 6 rings (SSSR count). The van der Waals surface area contributed by atoms with Crippen molar-refractivity contribution in [2.24, 2.45) is 11.8 Å². The summed E-state index contributed by atoms with van der Waals surface area (Å²) in [4.78, 5) is 0. The van der Waals surface area contributed by atoms with E-state index in [4.69, 9.17) is 28.4 Å². The second-order valence-electron chi connectivity index (χ2n) is 7.00. The molecule has 0 N–H and O–H groups in total. The zero-order chi connectivity index (χ0) is 17.1. The minimum Gasteiger partial charge on any atom is -0.454 e. The number of benzene rings is 2. The number of ether oxygens (including phenoxy) is 6. The van der Waals surface area contributed by atoms with Crippen molar-refractivity contribution in [1.29, 1.82) is 0 Å². The van der Waals surface area contributed by atoms with Gasteiger partial charge in [0.1, 0.15) is 0 Å². The van der Waals surface area contributed by atoms with E-state index >= 15 is 0 Å². The SMILES string of the molecule is c1cc2c(c(C3OCC4C(c5cccc6c5OCO6)OCC34)c1)OCO2. The van der Waals surface area contributed by atoms with Gasteiger partial charge in [0, 0.05) is 23.0 Å². The lowest BCUT2D eigenvalue weighted by atomic mass is 9.84. The quantitative estimate of drug-likeness (QED) is 0.825. The first-order valence-electron chi connectivity index (χ1n) is 8.90. The van der Waals surface area contributed by atoms with Crippen LogP contribution in [0, 0.1) is 11.8 Å². The molecule has 0 amide bonds. The number of hydrogen-bond donors (Lipinski definition) is 0. The van der Waals surface area contributed by atoms with Crippen LogP contribution in [0.4, 0.5) is 0 Å². The van der Waals surface area contributed by atoms with Gasteiger partial charge in [0.25, 0.3) is 0 Å². The number of para-hydroxylation sites is 2. The summed E-state index contributed by atoms with van der Waals surface area (Å²) in [6.45, 7) is 1.82. The van der Waals surface area contributed by atoms with Crippen LogP contribution in [0.3, 0.4) is 0 Å². The Morgan fingerprint density at radius 3 is 1.62 bits per heavy atom. The van der Waals surface area contributed by atoms with Crippen molar-refractivity contribution in [3.63, 3.8) is 0 Å². The van der Waals surface area contributed by atoms with Crippen molar-refractivity contribution < 1.29 is 28.4 Å². The van der Waals surface area contributed by atoms with Crippen LogP contribution in [0.15, 0.2) is 36.4 Å². The molecule has 0 aromatic heterocycles. The van der Waals surface area contributed by atoms with Gasteiger partial charge in [-0.15, -0.1) is 0 Å². The standard InChI is InChI=1S/C20H18O6/c1-3-11(19-15(5-1)23-9-25-19)17-13-7-22-18(14(13)8-21-17)12-4-2-6-16-20(12)26-10-24-16/h1-6,13-14,17-18H,7-10H2. The molecule has 4 atom stereocenters. The molecule has 0 radical (unpaired) electrons. The molecule has 4 aliphatic rings. The molecular weight excluding hydrogens is 336 g/mol. The minimum absolute atomic E-state index is 0.0458. The fraction of sp³-hybridized carbons (Fsp3) is 0.400. The Labute approximate surface area is 150 Å². The average Bonchev–Trinajstić information content (AvgIpc) is 3.43. The molecule has 4 heterocycles.